The van der Waals surface area contributed by atoms with Gasteiger partial charge in [0.2, 0.25) is 9.84 Å². The number of hydrogen-bond donors (Lipinski definition) is 0. The lowest BCUT2D eigenvalue weighted by Crippen LogP contribution is -2.30. The molecule has 1 aliphatic rings. The molecule has 21 heavy (non-hydrogen) atoms. The number of sulfone groups is 1. The molecule has 2 atom stereocenters. The van der Waals surface area contributed by atoms with Gasteiger partial charge in [-0.05, 0) is 37.0 Å². The van der Waals surface area contributed by atoms with Gasteiger partial charge in [-0.15, -0.1) is 0 Å². The molecule has 0 amide bonds. The van der Waals surface area contributed by atoms with Crippen molar-refractivity contribution < 1.29 is 13.2 Å². The van der Waals surface area contributed by atoms with Crippen LogP contribution in [0.2, 0.25) is 0 Å². The lowest BCUT2D eigenvalue weighted by atomic mass is 10.0. The average Bonchev–Trinajstić information content (AvgIpc) is 2.57. The number of ether oxygens (including phenoxy) is 1. The minimum atomic E-state index is -3.43. The second kappa shape index (κ2) is 6.00. The smallest absolute Gasteiger partial charge is 0.205 e. The van der Waals surface area contributed by atoms with Crippen molar-refractivity contribution in [1.29, 1.82) is 0 Å². The quantitative estimate of drug-likeness (QED) is 0.867. The molecule has 1 heterocycles. The Morgan fingerprint density at radius 2 is 1.48 bits per heavy atom. The maximum atomic E-state index is 12.6. The van der Waals surface area contributed by atoms with Gasteiger partial charge in [0.05, 0.1) is 11.0 Å². The van der Waals surface area contributed by atoms with Gasteiger partial charge in [-0.2, -0.15) is 0 Å². The highest BCUT2D eigenvalue weighted by molar-refractivity contribution is 7.91. The van der Waals surface area contributed by atoms with Gasteiger partial charge in [0.15, 0.2) is 5.44 Å². The first-order valence-electron chi connectivity index (χ1n) is 7.17. The van der Waals surface area contributed by atoms with Gasteiger partial charge in [0.1, 0.15) is 0 Å². The lowest BCUT2D eigenvalue weighted by Gasteiger charge is -2.30. The van der Waals surface area contributed by atoms with Gasteiger partial charge in [0, 0.05) is 0 Å². The normalized spacial score (nSPS) is 22.9. The van der Waals surface area contributed by atoms with Gasteiger partial charge >= 0.3 is 0 Å². The van der Waals surface area contributed by atoms with Crippen LogP contribution in [-0.2, 0) is 14.6 Å². The molecule has 1 fully saturated rings. The summed E-state index contributed by atoms with van der Waals surface area (Å²) in [6.07, 6.45) is 2.14. The van der Waals surface area contributed by atoms with Gasteiger partial charge in [0.25, 0.3) is 0 Å². The fourth-order valence-corrected chi connectivity index (χ4v) is 4.29. The van der Waals surface area contributed by atoms with Crippen LogP contribution in [-0.4, -0.2) is 13.9 Å². The van der Waals surface area contributed by atoms with Crippen molar-refractivity contribution in [3.63, 3.8) is 0 Å². The monoisotopic (exact) mass is 302 g/mol. The molecule has 0 bridgehead atoms. The van der Waals surface area contributed by atoms with E-state index in [4.69, 9.17) is 4.74 Å². The van der Waals surface area contributed by atoms with Crippen LogP contribution in [0.3, 0.4) is 0 Å². The summed E-state index contributed by atoms with van der Waals surface area (Å²) in [7, 11) is -3.43. The maximum Gasteiger partial charge on any atom is 0.205 e. The molecule has 3 rings (SSSR count). The zero-order valence-corrected chi connectivity index (χ0v) is 12.5. The first kappa shape index (κ1) is 14.3. The van der Waals surface area contributed by atoms with E-state index in [0.717, 1.165) is 18.4 Å². The average molecular weight is 302 g/mol. The SMILES string of the molecule is O=S(=O)(c1ccccc1)[C@H]1CCC[C@H](c2ccccc2)O1. The third-order valence-corrected chi connectivity index (χ3v) is 5.78. The predicted molar refractivity (Wildman–Crippen MR) is 81.5 cm³/mol. The molecule has 0 aliphatic carbocycles. The molecular weight excluding hydrogens is 284 g/mol. The van der Waals surface area contributed by atoms with Gasteiger partial charge < -0.3 is 4.74 Å². The third kappa shape index (κ3) is 3.01. The van der Waals surface area contributed by atoms with E-state index in [1.165, 1.54) is 0 Å². The van der Waals surface area contributed by atoms with Crippen LogP contribution in [0.5, 0.6) is 0 Å². The topological polar surface area (TPSA) is 43.4 Å². The Balaban J connectivity index is 1.84. The minimum absolute atomic E-state index is 0.136. The Hall–Kier alpha value is -1.65. The Kier molecular flexibility index (Phi) is 4.08. The molecular formula is C17H18O3S. The largest absolute Gasteiger partial charge is 0.354 e. The van der Waals surface area contributed by atoms with Crippen molar-refractivity contribution in [2.75, 3.05) is 0 Å². The molecule has 0 aromatic heterocycles. The molecule has 110 valence electrons. The van der Waals surface area contributed by atoms with Gasteiger partial charge in [-0.3, -0.25) is 0 Å². The molecule has 1 saturated heterocycles. The Morgan fingerprint density at radius 3 is 2.14 bits per heavy atom. The van der Waals surface area contributed by atoms with Crippen molar-refractivity contribution in [1.82, 2.24) is 0 Å². The first-order valence-corrected chi connectivity index (χ1v) is 8.72. The highest BCUT2D eigenvalue weighted by Crippen LogP contribution is 2.35. The Labute approximate surface area is 125 Å². The summed E-state index contributed by atoms with van der Waals surface area (Å²) < 4.78 is 31.2. The fourth-order valence-electron chi connectivity index (χ4n) is 2.69. The molecule has 3 nitrogen and oxygen atoms in total. The standard InChI is InChI=1S/C17H18O3S/c18-21(19,15-10-5-2-6-11-15)17-13-7-12-16(20-17)14-8-3-1-4-9-14/h1-6,8-11,16-17H,7,12-13H2/t16-,17+/m1/s1. The third-order valence-electron chi connectivity index (χ3n) is 3.81. The summed E-state index contributed by atoms with van der Waals surface area (Å²) in [5.41, 5.74) is 0.296. The summed E-state index contributed by atoms with van der Waals surface area (Å²) >= 11 is 0. The number of hydrogen-bond acceptors (Lipinski definition) is 3. The van der Waals surface area contributed by atoms with E-state index in [1.807, 2.05) is 36.4 Å². The van der Waals surface area contributed by atoms with E-state index in [0.29, 0.717) is 11.3 Å². The van der Waals surface area contributed by atoms with Gasteiger partial charge in [-0.1, -0.05) is 48.5 Å². The molecule has 2 aromatic rings. The zero-order chi connectivity index (χ0) is 14.7. The maximum absolute atomic E-state index is 12.6. The van der Waals surface area contributed by atoms with E-state index in [9.17, 15) is 8.42 Å². The van der Waals surface area contributed by atoms with E-state index >= 15 is 0 Å². The number of benzene rings is 2. The van der Waals surface area contributed by atoms with Crippen LogP contribution >= 0.6 is 0 Å². The van der Waals surface area contributed by atoms with Crippen molar-refractivity contribution >= 4 is 9.84 Å². The highest BCUT2D eigenvalue weighted by Gasteiger charge is 2.34. The summed E-state index contributed by atoms with van der Waals surface area (Å²) in [4.78, 5) is 0.337. The van der Waals surface area contributed by atoms with Crippen LogP contribution in [0, 0.1) is 0 Å². The molecule has 4 heteroatoms. The van der Waals surface area contributed by atoms with Crippen molar-refractivity contribution in [3.8, 4) is 0 Å². The Bertz CT molecular complexity index is 680. The molecule has 0 radical (unpaired) electrons. The number of rotatable bonds is 3. The van der Waals surface area contributed by atoms with Crippen molar-refractivity contribution in [2.45, 2.75) is 35.7 Å². The van der Waals surface area contributed by atoms with Crippen molar-refractivity contribution in [3.05, 3.63) is 66.2 Å². The summed E-state index contributed by atoms with van der Waals surface area (Å²) in [6, 6.07) is 18.4. The molecule has 0 N–H and O–H groups in total. The van der Waals surface area contributed by atoms with Crippen LogP contribution in [0.15, 0.2) is 65.6 Å². The van der Waals surface area contributed by atoms with Crippen molar-refractivity contribution in [2.24, 2.45) is 0 Å². The fraction of sp³-hybridized carbons (Fsp3) is 0.294. The van der Waals surface area contributed by atoms with Crippen LogP contribution in [0.1, 0.15) is 30.9 Å². The second-order valence-corrected chi connectivity index (χ2v) is 7.34. The van der Waals surface area contributed by atoms with Crippen LogP contribution in [0.4, 0.5) is 0 Å². The molecule has 1 aliphatic heterocycles. The van der Waals surface area contributed by atoms with E-state index in [1.54, 1.807) is 24.3 Å². The van der Waals surface area contributed by atoms with E-state index in [2.05, 4.69) is 0 Å². The lowest BCUT2D eigenvalue weighted by molar-refractivity contribution is -0.0100. The predicted octanol–water partition coefficient (Wildman–Crippen LogP) is 3.73. The van der Waals surface area contributed by atoms with E-state index < -0.39 is 15.3 Å². The molecule has 0 saturated carbocycles. The van der Waals surface area contributed by atoms with Gasteiger partial charge in [-0.25, -0.2) is 8.42 Å². The summed E-state index contributed by atoms with van der Waals surface area (Å²) in [5, 5.41) is 0. The van der Waals surface area contributed by atoms with E-state index in [-0.39, 0.29) is 6.10 Å². The first-order chi connectivity index (χ1) is 10.2. The molecule has 0 unspecified atom stereocenters. The highest BCUT2D eigenvalue weighted by atomic mass is 32.2. The summed E-state index contributed by atoms with van der Waals surface area (Å²) in [6.45, 7) is 0. The van der Waals surface area contributed by atoms with Crippen LogP contribution < -0.4 is 0 Å². The zero-order valence-electron chi connectivity index (χ0n) is 11.7. The molecule has 0 spiro atoms. The molecule has 2 aromatic carbocycles. The van der Waals surface area contributed by atoms with Crippen LogP contribution in [0.25, 0.3) is 0 Å². The summed E-state index contributed by atoms with van der Waals surface area (Å²) in [5.74, 6) is 0. The minimum Gasteiger partial charge on any atom is -0.354 e. The second-order valence-electron chi connectivity index (χ2n) is 5.25. The Morgan fingerprint density at radius 1 is 0.857 bits per heavy atom.